The molecule has 0 radical (unpaired) electrons. The van der Waals surface area contributed by atoms with Gasteiger partial charge in [0.1, 0.15) is 5.82 Å². The number of thiophene rings is 1. The standard InChI is InChI=1S/C12H14N2S.BrH/c1-3-14-8-7-13-12(14)5-4-11-10(2)6-9-15-11;/h4-9H,3H2,1-2H3;1H. The Morgan fingerprint density at radius 1 is 1.44 bits per heavy atom. The van der Waals surface area contributed by atoms with Crippen molar-refractivity contribution >= 4 is 40.5 Å². The van der Waals surface area contributed by atoms with E-state index in [2.05, 4.69) is 47.0 Å². The zero-order chi connectivity index (χ0) is 10.7. The second-order valence-electron chi connectivity index (χ2n) is 3.37. The zero-order valence-corrected chi connectivity index (χ0v) is 11.9. The Bertz CT molecular complexity index is 471. The maximum Gasteiger partial charge on any atom is 0.132 e. The van der Waals surface area contributed by atoms with Gasteiger partial charge in [0.15, 0.2) is 0 Å². The Kier molecular flexibility index (Phi) is 4.96. The molecule has 4 heteroatoms. The minimum Gasteiger partial charge on any atom is -0.332 e. The van der Waals surface area contributed by atoms with Gasteiger partial charge in [-0.3, -0.25) is 0 Å². The lowest BCUT2D eigenvalue weighted by molar-refractivity contribution is 0.753. The van der Waals surface area contributed by atoms with Crippen LogP contribution in [0.1, 0.15) is 23.2 Å². The van der Waals surface area contributed by atoms with Crippen LogP contribution in [0, 0.1) is 6.92 Å². The molecule has 0 bridgehead atoms. The average molecular weight is 299 g/mol. The molecule has 2 aromatic heterocycles. The molecule has 2 heterocycles. The number of aromatic nitrogens is 2. The molecule has 2 nitrogen and oxygen atoms in total. The largest absolute Gasteiger partial charge is 0.332 e. The van der Waals surface area contributed by atoms with E-state index in [1.54, 1.807) is 11.3 Å². The number of aryl methyl sites for hydroxylation is 2. The molecule has 0 saturated heterocycles. The molecule has 0 aliphatic rings. The van der Waals surface area contributed by atoms with Gasteiger partial charge < -0.3 is 4.57 Å². The van der Waals surface area contributed by atoms with Crippen LogP contribution in [0.5, 0.6) is 0 Å². The molecule has 0 spiro atoms. The summed E-state index contributed by atoms with van der Waals surface area (Å²) in [5.41, 5.74) is 1.32. The van der Waals surface area contributed by atoms with Crippen molar-refractivity contribution in [3.05, 3.63) is 40.1 Å². The normalized spacial score (nSPS) is 10.6. The molecule has 16 heavy (non-hydrogen) atoms. The molecule has 86 valence electrons. The maximum atomic E-state index is 4.30. The average Bonchev–Trinajstić information content (AvgIpc) is 2.83. The Morgan fingerprint density at radius 2 is 2.25 bits per heavy atom. The fraction of sp³-hybridized carbons (Fsp3) is 0.250. The van der Waals surface area contributed by atoms with Crippen molar-refractivity contribution in [1.29, 1.82) is 0 Å². The van der Waals surface area contributed by atoms with E-state index in [0.29, 0.717) is 0 Å². The molecule has 0 aliphatic heterocycles. The number of rotatable bonds is 3. The Morgan fingerprint density at radius 3 is 2.88 bits per heavy atom. The summed E-state index contributed by atoms with van der Waals surface area (Å²) in [4.78, 5) is 5.60. The first-order chi connectivity index (χ1) is 7.31. The van der Waals surface area contributed by atoms with Crippen LogP contribution >= 0.6 is 28.3 Å². The number of imidazole rings is 1. The molecule has 0 unspecified atom stereocenters. The monoisotopic (exact) mass is 298 g/mol. The van der Waals surface area contributed by atoms with Crippen LogP contribution in [0.3, 0.4) is 0 Å². The van der Waals surface area contributed by atoms with Crippen LogP contribution in [0.25, 0.3) is 12.2 Å². The third-order valence-electron chi connectivity index (χ3n) is 2.37. The number of nitrogens with zero attached hydrogens (tertiary/aromatic N) is 2. The van der Waals surface area contributed by atoms with E-state index in [0.717, 1.165) is 12.4 Å². The first-order valence-electron chi connectivity index (χ1n) is 5.04. The van der Waals surface area contributed by atoms with Crippen LogP contribution < -0.4 is 0 Å². The predicted molar refractivity (Wildman–Crippen MR) is 76.2 cm³/mol. The van der Waals surface area contributed by atoms with Gasteiger partial charge in [-0.1, -0.05) is 0 Å². The van der Waals surface area contributed by atoms with E-state index in [1.165, 1.54) is 10.4 Å². The van der Waals surface area contributed by atoms with E-state index < -0.39 is 0 Å². The van der Waals surface area contributed by atoms with Gasteiger partial charge in [-0.05, 0) is 43.0 Å². The van der Waals surface area contributed by atoms with E-state index in [-0.39, 0.29) is 17.0 Å². The first kappa shape index (κ1) is 13.2. The van der Waals surface area contributed by atoms with Crippen LogP contribution in [0.15, 0.2) is 23.8 Å². The summed E-state index contributed by atoms with van der Waals surface area (Å²) in [5, 5.41) is 2.11. The molecular weight excluding hydrogens is 284 g/mol. The quantitative estimate of drug-likeness (QED) is 0.837. The van der Waals surface area contributed by atoms with Gasteiger partial charge in [0.25, 0.3) is 0 Å². The number of hydrogen-bond acceptors (Lipinski definition) is 2. The SMILES string of the molecule is Br.CCn1ccnc1C=Cc1sccc1C. The van der Waals surface area contributed by atoms with Crippen LogP contribution in [0.2, 0.25) is 0 Å². The van der Waals surface area contributed by atoms with Gasteiger partial charge in [-0.15, -0.1) is 28.3 Å². The van der Waals surface area contributed by atoms with Gasteiger partial charge >= 0.3 is 0 Å². The van der Waals surface area contributed by atoms with Crippen molar-refractivity contribution in [2.45, 2.75) is 20.4 Å². The van der Waals surface area contributed by atoms with E-state index in [9.17, 15) is 0 Å². The van der Waals surface area contributed by atoms with Crippen LogP contribution in [-0.2, 0) is 6.54 Å². The summed E-state index contributed by atoms with van der Waals surface area (Å²) >= 11 is 1.76. The summed E-state index contributed by atoms with van der Waals surface area (Å²) in [7, 11) is 0. The van der Waals surface area contributed by atoms with Crippen LogP contribution in [0.4, 0.5) is 0 Å². The summed E-state index contributed by atoms with van der Waals surface area (Å²) in [6.07, 6.45) is 8.04. The molecule has 0 aliphatic carbocycles. The molecule has 0 atom stereocenters. The highest BCUT2D eigenvalue weighted by molar-refractivity contribution is 8.93. The minimum absolute atomic E-state index is 0. The molecular formula is C12H15BrN2S. The zero-order valence-electron chi connectivity index (χ0n) is 9.38. The third kappa shape index (κ3) is 2.83. The smallest absolute Gasteiger partial charge is 0.132 e. The summed E-state index contributed by atoms with van der Waals surface area (Å²) in [6.45, 7) is 5.21. The van der Waals surface area contributed by atoms with Gasteiger partial charge in [0.05, 0.1) is 0 Å². The van der Waals surface area contributed by atoms with Gasteiger partial charge in [0, 0.05) is 23.8 Å². The highest BCUT2D eigenvalue weighted by atomic mass is 79.9. The maximum absolute atomic E-state index is 4.30. The molecule has 0 amide bonds. The highest BCUT2D eigenvalue weighted by Crippen LogP contribution is 2.18. The molecule has 2 rings (SSSR count). The van der Waals surface area contributed by atoms with E-state index >= 15 is 0 Å². The van der Waals surface area contributed by atoms with Crippen molar-refractivity contribution in [3.8, 4) is 0 Å². The summed E-state index contributed by atoms with van der Waals surface area (Å²) < 4.78 is 2.12. The lowest BCUT2D eigenvalue weighted by Gasteiger charge is -1.98. The van der Waals surface area contributed by atoms with E-state index in [1.807, 2.05) is 12.4 Å². The van der Waals surface area contributed by atoms with Crippen LogP contribution in [-0.4, -0.2) is 9.55 Å². The molecule has 0 aromatic carbocycles. The molecule has 2 aromatic rings. The predicted octanol–water partition coefficient (Wildman–Crippen LogP) is 4.02. The van der Waals surface area contributed by atoms with Crippen molar-refractivity contribution in [3.63, 3.8) is 0 Å². The fourth-order valence-corrected chi connectivity index (χ4v) is 2.27. The molecule has 0 N–H and O–H groups in total. The molecule has 0 fully saturated rings. The third-order valence-corrected chi connectivity index (χ3v) is 3.36. The van der Waals surface area contributed by atoms with Crippen molar-refractivity contribution in [2.24, 2.45) is 0 Å². The summed E-state index contributed by atoms with van der Waals surface area (Å²) in [5.74, 6) is 1.02. The fourth-order valence-electron chi connectivity index (χ4n) is 1.45. The van der Waals surface area contributed by atoms with Gasteiger partial charge in [-0.2, -0.15) is 0 Å². The Hall–Kier alpha value is -0.870. The lowest BCUT2D eigenvalue weighted by atomic mass is 10.3. The van der Waals surface area contributed by atoms with Crippen molar-refractivity contribution in [1.82, 2.24) is 9.55 Å². The minimum atomic E-state index is 0. The Balaban J connectivity index is 0.00000128. The summed E-state index contributed by atoms with van der Waals surface area (Å²) in [6, 6.07) is 2.14. The first-order valence-corrected chi connectivity index (χ1v) is 5.92. The lowest BCUT2D eigenvalue weighted by Crippen LogP contribution is -1.94. The second-order valence-corrected chi connectivity index (χ2v) is 4.32. The number of hydrogen-bond donors (Lipinski definition) is 0. The highest BCUT2D eigenvalue weighted by Gasteiger charge is 1.97. The Labute approximate surface area is 110 Å². The van der Waals surface area contributed by atoms with E-state index in [4.69, 9.17) is 0 Å². The second kappa shape index (κ2) is 6.01. The number of halogens is 1. The van der Waals surface area contributed by atoms with Crippen molar-refractivity contribution in [2.75, 3.05) is 0 Å². The molecule has 0 saturated carbocycles. The van der Waals surface area contributed by atoms with Crippen molar-refractivity contribution < 1.29 is 0 Å². The topological polar surface area (TPSA) is 17.8 Å². The van der Waals surface area contributed by atoms with Gasteiger partial charge in [0.2, 0.25) is 0 Å². The van der Waals surface area contributed by atoms with Gasteiger partial charge in [-0.25, -0.2) is 4.98 Å².